The Labute approximate surface area is 111 Å². The van der Waals surface area contributed by atoms with E-state index in [0.29, 0.717) is 18.7 Å². The molecule has 1 fully saturated rings. The van der Waals surface area contributed by atoms with E-state index in [0.717, 1.165) is 17.5 Å². The maximum atomic E-state index is 12.0. The lowest BCUT2D eigenvalue weighted by atomic mass is 10.0. The average molecular weight is 263 g/mol. The molecule has 1 aromatic rings. The summed E-state index contributed by atoms with van der Waals surface area (Å²) in [4.78, 5) is 23.2. The molecule has 1 saturated heterocycles. The summed E-state index contributed by atoms with van der Waals surface area (Å²) in [6.45, 7) is 4.19. The molecule has 2 N–H and O–H groups in total. The van der Waals surface area contributed by atoms with Crippen molar-refractivity contribution in [2.75, 3.05) is 11.9 Å². The molecule has 0 saturated carbocycles. The molecule has 1 heterocycles. The Morgan fingerprint density at radius 1 is 1.37 bits per heavy atom. The fourth-order valence-corrected chi connectivity index (χ4v) is 2.29. The third-order valence-electron chi connectivity index (χ3n) is 3.18. The SMILES string of the molecule is Cc1cc(C)c(NC(=O)[C@H]2CCCO2)c(C(=O)O)c1. The highest BCUT2D eigenvalue weighted by Gasteiger charge is 2.25. The van der Waals surface area contributed by atoms with Crippen molar-refractivity contribution >= 4 is 17.6 Å². The minimum absolute atomic E-state index is 0.115. The van der Waals surface area contributed by atoms with Crippen LogP contribution in [-0.4, -0.2) is 29.7 Å². The molecule has 1 aliphatic rings. The van der Waals surface area contributed by atoms with Crippen molar-refractivity contribution in [3.63, 3.8) is 0 Å². The summed E-state index contributed by atoms with van der Waals surface area (Å²) in [5, 5.41) is 11.9. The van der Waals surface area contributed by atoms with Crippen LogP contribution in [0.3, 0.4) is 0 Å². The van der Waals surface area contributed by atoms with Crippen LogP contribution < -0.4 is 5.32 Å². The second kappa shape index (κ2) is 5.40. The van der Waals surface area contributed by atoms with E-state index in [-0.39, 0.29) is 11.5 Å². The Bertz CT molecular complexity index is 518. The van der Waals surface area contributed by atoms with Crippen LogP contribution in [0, 0.1) is 13.8 Å². The first kappa shape index (κ1) is 13.5. The highest BCUT2D eigenvalue weighted by atomic mass is 16.5. The highest BCUT2D eigenvalue weighted by Crippen LogP contribution is 2.24. The Kier molecular flexibility index (Phi) is 3.85. The number of hydrogen-bond acceptors (Lipinski definition) is 3. The largest absolute Gasteiger partial charge is 0.478 e. The maximum absolute atomic E-state index is 12.0. The maximum Gasteiger partial charge on any atom is 0.337 e. The number of nitrogens with one attached hydrogen (secondary N) is 1. The van der Waals surface area contributed by atoms with Gasteiger partial charge in [-0.1, -0.05) is 6.07 Å². The van der Waals surface area contributed by atoms with Gasteiger partial charge in [0.25, 0.3) is 5.91 Å². The Balaban J connectivity index is 2.28. The number of carbonyl (C=O) groups is 2. The number of aromatic carboxylic acids is 1. The second-order valence-electron chi connectivity index (χ2n) is 4.80. The van der Waals surface area contributed by atoms with Gasteiger partial charge in [-0.05, 0) is 43.9 Å². The molecule has 0 bridgehead atoms. The molecule has 0 spiro atoms. The van der Waals surface area contributed by atoms with Gasteiger partial charge in [-0.2, -0.15) is 0 Å². The van der Waals surface area contributed by atoms with Gasteiger partial charge >= 0.3 is 5.97 Å². The van der Waals surface area contributed by atoms with Gasteiger partial charge < -0.3 is 15.2 Å². The van der Waals surface area contributed by atoms with Crippen molar-refractivity contribution in [3.8, 4) is 0 Å². The molecule has 0 unspecified atom stereocenters. The number of carboxylic acids is 1. The van der Waals surface area contributed by atoms with Crippen molar-refractivity contribution in [3.05, 3.63) is 28.8 Å². The second-order valence-corrected chi connectivity index (χ2v) is 4.80. The molecular weight excluding hydrogens is 246 g/mol. The molecule has 0 radical (unpaired) electrons. The predicted octanol–water partition coefficient (Wildman–Crippen LogP) is 2.12. The topological polar surface area (TPSA) is 75.6 Å². The Morgan fingerprint density at radius 2 is 2.11 bits per heavy atom. The Morgan fingerprint density at radius 3 is 2.68 bits per heavy atom. The van der Waals surface area contributed by atoms with E-state index in [1.165, 1.54) is 0 Å². The van der Waals surface area contributed by atoms with Crippen LogP contribution in [0.4, 0.5) is 5.69 Å². The van der Waals surface area contributed by atoms with Gasteiger partial charge in [0.2, 0.25) is 0 Å². The molecule has 1 atom stereocenters. The molecule has 0 aliphatic carbocycles. The molecule has 1 aliphatic heterocycles. The van der Waals surface area contributed by atoms with Crippen LogP contribution in [0.15, 0.2) is 12.1 Å². The third-order valence-corrected chi connectivity index (χ3v) is 3.18. The number of carboxylic acid groups (broad SMARTS) is 1. The number of aryl methyl sites for hydroxylation is 2. The number of ether oxygens (including phenoxy) is 1. The molecule has 19 heavy (non-hydrogen) atoms. The fraction of sp³-hybridized carbons (Fsp3) is 0.429. The molecule has 5 heteroatoms. The Hall–Kier alpha value is -1.88. The molecule has 1 aromatic carbocycles. The van der Waals surface area contributed by atoms with E-state index in [1.54, 1.807) is 13.0 Å². The van der Waals surface area contributed by atoms with Gasteiger partial charge in [0.15, 0.2) is 0 Å². The fourth-order valence-electron chi connectivity index (χ4n) is 2.29. The van der Waals surface area contributed by atoms with E-state index in [9.17, 15) is 14.7 Å². The molecule has 1 amide bonds. The first-order valence-electron chi connectivity index (χ1n) is 6.26. The van der Waals surface area contributed by atoms with E-state index in [4.69, 9.17) is 4.74 Å². The summed E-state index contributed by atoms with van der Waals surface area (Å²) >= 11 is 0. The number of anilines is 1. The monoisotopic (exact) mass is 263 g/mol. The van der Waals surface area contributed by atoms with E-state index in [2.05, 4.69) is 5.32 Å². The van der Waals surface area contributed by atoms with Crippen molar-refractivity contribution in [2.24, 2.45) is 0 Å². The first-order chi connectivity index (χ1) is 8.99. The first-order valence-corrected chi connectivity index (χ1v) is 6.26. The van der Waals surface area contributed by atoms with Gasteiger partial charge in [0, 0.05) is 6.61 Å². The van der Waals surface area contributed by atoms with Gasteiger partial charge in [-0.15, -0.1) is 0 Å². The van der Waals surface area contributed by atoms with Crippen LogP contribution in [0.25, 0.3) is 0 Å². The van der Waals surface area contributed by atoms with Crippen LogP contribution in [0.2, 0.25) is 0 Å². The predicted molar refractivity (Wildman–Crippen MR) is 70.5 cm³/mol. The van der Waals surface area contributed by atoms with Gasteiger partial charge in [-0.25, -0.2) is 4.79 Å². The van der Waals surface area contributed by atoms with Crippen molar-refractivity contribution in [1.82, 2.24) is 0 Å². The zero-order chi connectivity index (χ0) is 14.0. The lowest BCUT2D eigenvalue weighted by Gasteiger charge is -2.15. The zero-order valence-electron chi connectivity index (χ0n) is 11.0. The summed E-state index contributed by atoms with van der Waals surface area (Å²) in [6, 6.07) is 3.40. The normalized spacial score (nSPS) is 18.3. The van der Waals surface area contributed by atoms with Gasteiger partial charge in [0.1, 0.15) is 6.10 Å². The van der Waals surface area contributed by atoms with Gasteiger partial charge in [-0.3, -0.25) is 4.79 Å². The van der Waals surface area contributed by atoms with Crippen molar-refractivity contribution in [1.29, 1.82) is 0 Å². The minimum Gasteiger partial charge on any atom is -0.478 e. The van der Waals surface area contributed by atoms with E-state index < -0.39 is 12.1 Å². The van der Waals surface area contributed by atoms with Crippen LogP contribution in [0.5, 0.6) is 0 Å². The summed E-state index contributed by atoms with van der Waals surface area (Å²) in [6.07, 6.45) is 1.07. The van der Waals surface area contributed by atoms with Crippen LogP contribution in [-0.2, 0) is 9.53 Å². The average Bonchev–Trinajstić information content (AvgIpc) is 2.85. The highest BCUT2D eigenvalue weighted by molar-refractivity contribution is 6.03. The number of benzene rings is 1. The van der Waals surface area contributed by atoms with Crippen molar-refractivity contribution < 1.29 is 19.4 Å². The zero-order valence-corrected chi connectivity index (χ0v) is 11.0. The number of amides is 1. The third kappa shape index (κ3) is 2.93. The van der Waals surface area contributed by atoms with Crippen LogP contribution in [0.1, 0.15) is 34.3 Å². The lowest BCUT2D eigenvalue weighted by Crippen LogP contribution is -2.28. The lowest BCUT2D eigenvalue weighted by molar-refractivity contribution is -0.124. The summed E-state index contributed by atoms with van der Waals surface area (Å²) in [7, 11) is 0. The van der Waals surface area contributed by atoms with E-state index >= 15 is 0 Å². The van der Waals surface area contributed by atoms with Crippen LogP contribution >= 0.6 is 0 Å². The smallest absolute Gasteiger partial charge is 0.337 e. The molecule has 2 rings (SSSR count). The number of hydrogen-bond donors (Lipinski definition) is 2. The standard InChI is InChI=1S/C14H17NO4/c1-8-6-9(2)12(10(7-8)14(17)18)15-13(16)11-4-3-5-19-11/h6-7,11H,3-5H2,1-2H3,(H,15,16)(H,17,18)/t11-/m1/s1. The molecule has 5 nitrogen and oxygen atoms in total. The van der Waals surface area contributed by atoms with E-state index in [1.807, 2.05) is 13.0 Å². The summed E-state index contributed by atoms with van der Waals surface area (Å²) < 4.78 is 5.29. The molecule has 0 aromatic heterocycles. The summed E-state index contributed by atoms with van der Waals surface area (Å²) in [5.41, 5.74) is 2.07. The van der Waals surface area contributed by atoms with Crippen molar-refractivity contribution in [2.45, 2.75) is 32.8 Å². The minimum atomic E-state index is -1.05. The number of carbonyl (C=O) groups excluding carboxylic acids is 1. The molecular formula is C14H17NO4. The van der Waals surface area contributed by atoms with Gasteiger partial charge in [0.05, 0.1) is 11.3 Å². The molecule has 102 valence electrons. The number of rotatable bonds is 3. The quantitative estimate of drug-likeness (QED) is 0.875. The summed E-state index contributed by atoms with van der Waals surface area (Å²) in [5.74, 6) is -1.32.